The van der Waals surface area contributed by atoms with E-state index in [4.69, 9.17) is 14.6 Å². The lowest BCUT2D eigenvalue weighted by atomic mass is 10.1. The molecule has 7 nitrogen and oxygen atoms in total. The van der Waals surface area contributed by atoms with Crippen LogP contribution in [0.1, 0.15) is 35.1 Å². The summed E-state index contributed by atoms with van der Waals surface area (Å²) in [5.74, 6) is 0.797. The standard InChI is InChI=1S/C20H26N4O3/c1-14-12-21-9-3-10-23(14)20(25)19-17-13-27-11-8-18(17)24(22-19)15-4-6-16(26-2)7-5-15/h4-7,14,21H,3,8-13H2,1-2H3/t14-/m1/s1. The van der Waals surface area contributed by atoms with E-state index in [-0.39, 0.29) is 11.9 Å². The first-order valence-electron chi connectivity index (χ1n) is 9.53. The Hall–Kier alpha value is -2.38. The van der Waals surface area contributed by atoms with Gasteiger partial charge in [-0.2, -0.15) is 5.10 Å². The fourth-order valence-corrected chi connectivity index (χ4v) is 3.80. The van der Waals surface area contributed by atoms with Gasteiger partial charge in [0.15, 0.2) is 5.69 Å². The van der Waals surface area contributed by atoms with Crippen LogP contribution in [0.2, 0.25) is 0 Å². The minimum Gasteiger partial charge on any atom is -0.497 e. The molecule has 0 spiro atoms. The Labute approximate surface area is 159 Å². The number of methoxy groups -OCH3 is 1. The number of hydrogen-bond donors (Lipinski definition) is 1. The predicted molar refractivity (Wildman–Crippen MR) is 101 cm³/mol. The maximum Gasteiger partial charge on any atom is 0.275 e. The molecule has 7 heteroatoms. The zero-order valence-electron chi connectivity index (χ0n) is 15.9. The summed E-state index contributed by atoms with van der Waals surface area (Å²) in [4.78, 5) is 15.3. The van der Waals surface area contributed by atoms with Crippen molar-refractivity contribution < 1.29 is 14.3 Å². The number of fused-ring (bicyclic) bond motifs is 1. The van der Waals surface area contributed by atoms with Crippen LogP contribution in [0, 0.1) is 0 Å². The van der Waals surface area contributed by atoms with Crippen LogP contribution in [0.5, 0.6) is 5.75 Å². The van der Waals surface area contributed by atoms with Crippen molar-refractivity contribution in [1.29, 1.82) is 0 Å². The third kappa shape index (κ3) is 3.44. The van der Waals surface area contributed by atoms with Crippen molar-refractivity contribution >= 4 is 5.91 Å². The Morgan fingerprint density at radius 1 is 1.33 bits per heavy atom. The van der Waals surface area contributed by atoms with E-state index in [0.29, 0.717) is 18.9 Å². The molecule has 2 aliphatic rings. The fraction of sp³-hybridized carbons (Fsp3) is 0.500. The normalized spacial score (nSPS) is 20.1. The molecule has 1 N–H and O–H groups in total. The van der Waals surface area contributed by atoms with Crippen LogP contribution in [0.15, 0.2) is 24.3 Å². The van der Waals surface area contributed by atoms with E-state index in [2.05, 4.69) is 12.2 Å². The van der Waals surface area contributed by atoms with E-state index >= 15 is 0 Å². The molecule has 144 valence electrons. The van der Waals surface area contributed by atoms with Gasteiger partial charge in [-0.1, -0.05) is 0 Å². The van der Waals surface area contributed by atoms with Gasteiger partial charge in [0, 0.05) is 31.1 Å². The summed E-state index contributed by atoms with van der Waals surface area (Å²) in [7, 11) is 1.65. The van der Waals surface area contributed by atoms with Crippen LogP contribution >= 0.6 is 0 Å². The Kier molecular flexibility index (Phi) is 5.13. The highest BCUT2D eigenvalue weighted by Crippen LogP contribution is 2.26. The van der Waals surface area contributed by atoms with Gasteiger partial charge in [-0.15, -0.1) is 0 Å². The van der Waals surface area contributed by atoms with Gasteiger partial charge < -0.3 is 19.7 Å². The second-order valence-electron chi connectivity index (χ2n) is 7.09. The summed E-state index contributed by atoms with van der Waals surface area (Å²) in [5.41, 5.74) is 3.44. The Bertz CT molecular complexity index is 815. The molecular weight excluding hydrogens is 344 g/mol. The molecular formula is C20H26N4O3. The fourth-order valence-electron chi connectivity index (χ4n) is 3.80. The first-order valence-corrected chi connectivity index (χ1v) is 9.53. The second-order valence-corrected chi connectivity index (χ2v) is 7.09. The smallest absolute Gasteiger partial charge is 0.275 e. The second kappa shape index (κ2) is 7.70. The maximum absolute atomic E-state index is 13.3. The lowest BCUT2D eigenvalue weighted by Crippen LogP contribution is -2.42. The van der Waals surface area contributed by atoms with Crippen LogP contribution in [-0.4, -0.2) is 60.0 Å². The van der Waals surface area contributed by atoms with E-state index in [1.54, 1.807) is 7.11 Å². The van der Waals surface area contributed by atoms with Gasteiger partial charge in [0.1, 0.15) is 5.75 Å². The Balaban J connectivity index is 1.72. The van der Waals surface area contributed by atoms with Crippen molar-refractivity contribution in [2.24, 2.45) is 0 Å². The van der Waals surface area contributed by atoms with Crippen molar-refractivity contribution in [2.75, 3.05) is 33.4 Å². The molecule has 4 rings (SSSR count). The van der Waals surface area contributed by atoms with E-state index in [1.807, 2.05) is 33.8 Å². The Morgan fingerprint density at radius 3 is 2.93 bits per heavy atom. The monoisotopic (exact) mass is 370 g/mol. The first-order chi connectivity index (χ1) is 13.2. The number of nitrogens with one attached hydrogen (secondary N) is 1. The molecule has 1 aromatic heterocycles. The first kappa shape index (κ1) is 18.0. The maximum atomic E-state index is 13.3. The van der Waals surface area contributed by atoms with Crippen LogP contribution in [0.3, 0.4) is 0 Å². The number of carbonyl (C=O) groups is 1. The van der Waals surface area contributed by atoms with Crippen LogP contribution in [0.25, 0.3) is 5.69 Å². The van der Waals surface area contributed by atoms with Gasteiger partial charge in [0.05, 0.1) is 31.7 Å². The summed E-state index contributed by atoms with van der Waals surface area (Å²) < 4.78 is 12.8. The molecule has 2 aromatic rings. The lowest BCUT2D eigenvalue weighted by Gasteiger charge is -2.26. The van der Waals surface area contributed by atoms with Crippen LogP contribution < -0.4 is 10.1 Å². The molecule has 1 aromatic carbocycles. The summed E-state index contributed by atoms with van der Waals surface area (Å²) >= 11 is 0. The number of rotatable bonds is 3. The topological polar surface area (TPSA) is 68.6 Å². The minimum atomic E-state index is 0.000196. The number of nitrogens with zero attached hydrogens (tertiary/aromatic N) is 3. The summed E-state index contributed by atoms with van der Waals surface area (Å²) in [5, 5.41) is 8.12. The molecule has 0 bridgehead atoms. The minimum absolute atomic E-state index is 0.000196. The molecule has 1 fully saturated rings. The van der Waals surface area contributed by atoms with Crippen molar-refractivity contribution in [3.8, 4) is 11.4 Å². The molecule has 27 heavy (non-hydrogen) atoms. The van der Waals surface area contributed by atoms with Gasteiger partial charge in [0.25, 0.3) is 5.91 Å². The van der Waals surface area contributed by atoms with E-state index in [1.165, 1.54) is 0 Å². The predicted octanol–water partition coefficient (Wildman–Crippen LogP) is 1.78. The van der Waals surface area contributed by atoms with Gasteiger partial charge >= 0.3 is 0 Å². The third-order valence-electron chi connectivity index (χ3n) is 5.32. The largest absolute Gasteiger partial charge is 0.497 e. The highest BCUT2D eigenvalue weighted by molar-refractivity contribution is 5.94. The van der Waals surface area contributed by atoms with Crippen molar-refractivity contribution in [1.82, 2.24) is 20.0 Å². The molecule has 1 amide bonds. The number of hydrogen-bond acceptors (Lipinski definition) is 5. The van der Waals surface area contributed by atoms with Crippen molar-refractivity contribution in [2.45, 2.75) is 32.4 Å². The van der Waals surface area contributed by atoms with Crippen molar-refractivity contribution in [3.63, 3.8) is 0 Å². The summed E-state index contributed by atoms with van der Waals surface area (Å²) in [6, 6.07) is 7.90. The molecule has 1 atom stereocenters. The lowest BCUT2D eigenvalue weighted by molar-refractivity contribution is 0.0688. The average Bonchev–Trinajstić information content (AvgIpc) is 2.96. The number of benzene rings is 1. The van der Waals surface area contributed by atoms with Crippen LogP contribution in [-0.2, 0) is 17.8 Å². The highest BCUT2D eigenvalue weighted by Gasteiger charge is 2.31. The third-order valence-corrected chi connectivity index (χ3v) is 5.32. The number of amides is 1. The van der Waals surface area contributed by atoms with Gasteiger partial charge in [-0.3, -0.25) is 4.79 Å². The Morgan fingerprint density at radius 2 is 2.15 bits per heavy atom. The SMILES string of the molecule is COc1ccc(-n2nc(C(=O)N3CCCNC[C@H]3C)c3c2CCOC3)cc1. The molecule has 0 saturated carbocycles. The molecule has 0 aliphatic carbocycles. The molecule has 1 saturated heterocycles. The van der Waals surface area contributed by atoms with Gasteiger partial charge in [-0.05, 0) is 44.2 Å². The zero-order chi connectivity index (χ0) is 18.8. The molecule has 0 unspecified atom stereocenters. The molecule has 2 aliphatic heterocycles. The summed E-state index contributed by atoms with van der Waals surface area (Å²) in [6.45, 7) is 5.66. The average molecular weight is 370 g/mol. The van der Waals surface area contributed by atoms with Crippen LogP contribution in [0.4, 0.5) is 0 Å². The van der Waals surface area contributed by atoms with E-state index < -0.39 is 0 Å². The van der Waals surface area contributed by atoms with Crippen molar-refractivity contribution in [3.05, 3.63) is 41.2 Å². The van der Waals surface area contributed by atoms with E-state index in [9.17, 15) is 4.79 Å². The number of carbonyl (C=O) groups excluding carboxylic acids is 1. The highest BCUT2D eigenvalue weighted by atomic mass is 16.5. The summed E-state index contributed by atoms with van der Waals surface area (Å²) in [6.07, 6.45) is 1.70. The molecule has 3 heterocycles. The van der Waals surface area contributed by atoms with E-state index in [0.717, 1.165) is 55.2 Å². The molecule has 0 radical (unpaired) electrons. The zero-order valence-corrected chi connectivity index (χ0v) is 15.9. The van der Waals surface area contributed by atoms with Gasteiger partial charge in [-0.25, -0.2) is 4.68 Å². The van der Waals surface area contributed by atoms with Gasteiger partial charge in [0.2, 0.25) is 0 Å². The number of aromatic nitrogens is 2. The quantitative estimate of drug-likeness (QED) is 0.892. The number of ether oxygens (including phenoxy) is 2.